The van der Waals surface area contributed by atoms with Gasteiger partial charge in [0.15, 0.2) is 0 Å². The van der Waals surface area contributed by atoms with Crippen LogP contribution in [0.3, 0.4) is 0 Å². The average Bonchev–Trinajstić information content (AvgIpc) is 3.18. The van der Waals surface area contributed by atoms with Crippen LogP contribution in [0.25, 0.3) is 11.5 Å². The Morgan fingerprint density at radius 1 is 1.23 bits per heavy atom. The van der Waals surface area contributed by atoms with Crippen LogP contribution in [-0.2, 0) is 25.6 Å². The van der Waals surface area contributed by atoms with E-state index in [1.807, 2.05) is 55.5 Å². The van der Waals surface area contributed by atoms with Gasteiger partial charge in [0, 0.05) is 12.0 Å². The van der Waals surface area contributed by atoms with Crippen molar-refractivity contribution < 1.29 is 23.6 Å². The van der Waals surface area contributed by atoms with E-state index in [0.717, 1.165) is 35.6 Å². The number of hydroxylamine groups is 1. The van der Waals surface area contributed by atoms with Gasteiger partial charge < -0.3 is 14.0 Å². The van der Waals surface area contributed by atoms with Crippen molar-refractivity contribution >= 4 is 11.9 Å². The molecule has 1 aliphatic heterocycles. The van der Waals surface area contributed by atoms with Crippen molar-refractivity contribution in [1.29, 1.82) is 0 Å². The summed E-state index contributed by atoms with van der Waals surface area (Å²) in [5.74, 6) is 0.741. The first-order chi connectivity index (χ1) is 14.6. The van der Waals surface area contributed by atoms with Gasteiger partial charge in [-0.2, -0.15) is 5.48 Å². The van der Waals surface area contributed by atoms with Crippen LogP contribution in [0, 0.1) is 18.8 Å². The molecule has 7 nitrogen and oxygen atoms in total. The summed E-state index contributed by atoms with van der Waals surface area (Å²) < 4.78 is 11.7. The van der Waals surface area contributed by atoms with Gasteiger partial charge in [0.1, 0.15) is 17.4 Å². The number of rotatable bonds is 7. The van der Waals surface area contributed by atoms with Gasteiger partial charge in [-0.1, -0.05) is 24.3 Å². The molecule has 156 valence electrons. The Balaban J connectivity index is 1.29. The Kier molecular flexibility index (Phi) is 5.97. The summed E-state index contributed by atoms with van der Waals surface area (Å²) in [4.78, 5) is 32.5. The summed E-state index contributed by atoms with van der Waals surface area (Å²) in [7, 11) is 0. The summed E-state index contributed by atoms with van der Waals surface area (Å²) in [5, 5.41) is 0. The molecule has 1 N–H and O–H groups in total. The highest BCUT2D eigenvalue weighted by Gasteiger charge is 2.37. The number of oxazole rings is 1. The fourth-order valence-corrected chi connectivity index (χ4v) is 3.62. The molecule has 1 amide bonds. The number of aryl methyl sites for hydroxylation is 1. The maximum Gasteiger partial charge on any atom is 0.344 e. The van der Waals surface area contributed by atoms with Crippen LogP contribution in [0.4, 0.5) is 0 Å². The van der Waals surface area contributed by atoms with E-state index in [2.05, 4.69) is 15.3 Å². The Labute approximate surface area is 174 Å². The number of benzene rings is 1. The smallest absolute Gasteiger partial charge is 0.344 e. The molecule has 0 saturated carbocycles. The number of nitrogens with one attached hydrogen (secondary N) is 1. The Morgan fingerprint density at radius 2 is 2.07 bits per heavy atom. The van der Waals surface area contributed by atoms with Crippen molar-refractivity contribution in [3.63, 3.8) is 0 Å². The molecule has 2 unspecified atom stereocenters. The number of hydrogen-bond acceptors (Lipinski definition) is 6. The van der Waals surface area contributed by atoms with Crippen LogP contribution in [0.5, 0.6) is 0 Å². The number of aromatic nitrogens is 1. The van der Waals surface area contributed by atoms with Gasteiger partial charge in [0.25, 0.3) is 5.91 Å². The maximum atomic E-state index is 11.7. The fraction of sp³-hybridized carbons (Fsp3) is 0.348. The first kappa shape index (κ1) is 19.9. The lowest BCUT2D eigenvalue weighted by Crippen LogP contribution is -2.22. The molecular formula is C23H24N2O5. The van der Waals surface area contributed by atoms with Gasteiger partial charge in [0.05, 0.1) is 12.3 Å². The lowest BCUT2D eigenvalue weighted by Gasteiger charge is -2.11. The average molecular weight is 408 g/mol. The van der Waals surface area contributed by atoms with E-state index in [0.29, 0.717) is 25.3 Å². The number of nitrogens with zero attached hydrogens (tertiary/aromatic N) is 1. The largest absolute Gasteiger partial charge is 0.494 e. The molecule has 1 aromatic carbocycles. The van der Waals surface area contributed by atoms with E-state index < -0.39 is 11.9 Å². The predicted molar refractivity (Wildman–Crippen MR) is 109 cm³/mol. The highest BCUT2D eigenvalue weighted by Crippen LogP contribution is 2.26. The molecule has 0 spiro atoms. The minimum Gasteiger partial charge on any atom is -0.494 e. The van der Waals surface area contributed by atoms with Crippen LogP contribution in [0.2, 0.25) is 0 Å². The van der Waals surface area contributed by atoms with Crippen LogP contribution >= 0.6 is 0 Å². The third-order valence-corrected chi connectivity index (χ3v) is 5.33. The molecule has 1 fully saturated rings. The predicted octanol–water partition coefficient (Wildman–Crippen LogP) is 3.65. The van der Waals surface area contributed by atoms with Crippen molar-refractivity contribution in [2.24, 2.45) is 11.8 Å². The number of allylic oxidation sites excluding steroid dienone is 3. The van der Waals surface area contributed by atoms with Gasteiger partial charge >= 0.3 is 5.97 Å². The second-order valence-electron chi connectivity index (χ2n) is 7.47. The highest BCUT2D eigenvalue weighted by atomic mass is 16.7. The van der Waals surface area contributed by atoms with E-state index in [1.165, 1.54) is 0 Å². The minimum atomic E-state index is -0.726. The van der Waals surface area contributed by atoms with Gasteiger partial charge in [-0.3, -0.25) is 4.79 Å². The molecule has 1 saturated heterocycles. The van der Waals surface area contributed by atoms with Crippen LogP contribution < -0.4 is 5.48 Å². The van der Waals surface area contributed by atoms with Crippen molar-refractivity contribution in [3.05, 3.63) is 65.8 Å². The third-order valence-electron chi connectivity index (χ3n) is 5.33. The SMILES string of the molecule is Cc1oc(-c2ccccc2)nc1CCOC1=CCCC(CC2C(=O)NOC2=O)C=C1. The van der Waals surface area contributed by atoms with E-state index in [1.54, 1.807) is 0 Å². The Bertz CT molecular complexity index is 961. The summed E-state index contributed by atoms with van der Waals surface area (Å²) in [6.45, 7) is 2.40. The summed E-state index contributed by atoms with van der Waals surface area (Å²) in [5.41, 5.74) is 3.97. The number of carbonyl (C=O) groups is 2. The van der Waals surface area contributed by atoms with Crippen LogP contribution in [-0.4, -0.2) is 23.5 Å². The molecule has 4 rings (SSSR count). The molecule has 7 heteroatoms. The molecule has 2 heterocycles. The van der Waals surface area contributed by atoms with Gasteiger partial charge in [0.2, 0.25) is 5.89 Å². The summed E-state index contributed by atoms with van der Waals surface area (Å²) in [6.07, 6.45) is 8.72. The Morgan fingerprint density at radius 3 is 2.83 bits per heavy atom. The molecule has 0 radical (unpaired) electrons. The minimum absolute atomic E-state index is 0.120. The van der Waals surface area contributed by atoms with Gasteiger partial charge in [-0.25, -0.2) is 9.78 Å². The van der Waals surface area contributed by atoms with Crippen LogP contribution in [0.1, 0.15) is 30.7 Å². The topological polar surface area (TPSA) is 90.7 Å². The van der Waals surface area contributed by atoms with Crippen molar-refractivity contribution in [1.82, 2.24) is 10.5 Å². The first-order valence-corrected chi connectivity index (χ1v) is 10.1. The third kappa shape index (κ3) is 4.62. The highest BCUT2D eigenvalue weighted by molar-refractivity contribution is 6.01. The molecule has 0 bridgehead atoms. The number of carbonyl (C=O) groups excluding carboxylic acids is 2. The molecule has 2 aromatic rings. The molecule has 1 aliphatic carbocycles. The standard InChI is InChI=1S/C23H24N2O5/c1-15-20(24-22(29-15)17-7-3-2-4-8-17)12-13-28-18-9-5-6-16(10-11-18)14-19-21(26)25-30-23(19)27/h2-4,7-11,16,19H,5-6,12-14H2,1H3,(H,25,26). The molecule has 2 aliphatic rings. The number of ether oxygens (including phenoxy) is 1. The van der Waals surface area contributed by atoms with E-state index >= 15 is 0 Å². The molecule has 1 aromatic heterocycles. The van der Waals surface area contributed by atoms with E-state index in [9.17, 15) is 9.59 Å². The monoisotopic (exact) mass is 408 g/mol. The van der Waals surface area contributed by atoms with Crippen molar-refractivity contribution in [2.45, 2.75) is 32.6 Å². The zero-order chi connectivity index (χ0) is 20.9. The van der Waals surface area contributed by atoms with Crippen molar-refractivity contribution in [3.8, 4) is 11.5 Å². The zero-order valence-electron chi connectivity index (χ0n) is 16.8. The number of amides is 1. The zero-order valence-corrected chi connectivity index (χ0v) is 16.8. The van der Waals surface area contributed by atoms with Gasteiger partial charge in [-0.15, -0.1) is 0 Å². The molecular weight excluding hydrogens is 384 g/mol. The lowest BCUT2D eigenvalue weighted by atomic mass is 9.91. The summed E-state index contributed by atoms with van der Waals surface area (Å²) in [6, 6.07) is 9.81. The second-order valence-corrected chi connectivity index (χ2v) is 7.47. The second kappa shape index (κ2) is 8.98. The van der Waals surface area contributed by atoms with Gasteiger partial charge in [-0.05, 0) is 56.4 Å². The number of hydrogen-bond donors (Lipinski definition) is 1. The maximum absolute atomic E-state index is 11.7. The Hall–Kier alpha value is -3.35. The molecule has 2 atom stereocenters. The fourth-order valence-electron chi connectivity index (χ4n) is 3.62. The van der Waals surface area contributed by atoms with Crippen LogP contribution in [0.15, 0.2) is 58.7 Å². The normalized spacial score (nSPS) is 21.0. The quantitative estimate of drug-likeness (QED) is 0.703. The van der Waals surface area contributed by atoms with E-state index in [4.69, 9.17) is 9.15 Å². The van der Waals surface area contributed by atoms with E-state index in [-0.39, 0.29) is 11.8 Å². The summed E-state index contributed by atoms with van der Waals surface area (Å²) >= 11 is 0. The lowest BCUT2D eigenvalue weighted by molar-refractivity contribution is -0.146. The first-order valence-electron chi connectivity index (χ1n) is 10.1. The van der Waals surface area contributed by atoms with Crippen molar-refractivity contribution in [2.75, 3.05) is 6.61 Å². The molecule has 30 heavy (non-hydrogen) atoms.